The SMILES string of the molecule is CC(C)[C@H](N)c1nc2ccc(F)cc2n1C. The summed E-state index contributed by atoms with van der Waals surface area (Å²) in [6.07, 6.45) is 0. The van der Waals surface area contributed by atoms with Crippen molar-refractivity contribution >= 4 is 11.0 Å². The van der Waals surface area contributed by atoms with Crippen LogP contribution in [-0.2, 0) is 7.05 Å². The van der Waals surface area contributed by atoms with Gasteiger partial charge in [-0.15, -0.1) is 0 Å². The Hall–Kier alpha value is -1.42. The van der Waals surface area contributed by atoms with Gasteiger partial charge in [-0.25, -0.2) is 9.37 Å². The molecule has 86 valence electrons. The predicted molar refractivity (Wildman–Crippen MR) is 62.4 cm³/mol. The van der Waals surface area contributed by atoms with Crippen LogP contribution in [0.1, 0.15) is 25.7 Å². The maximum Gasteiger partial charge on any atom is 0.126 e. The fraction of sp³-hybridized carbons (Fsp3) is 0.417. The molecular weight excluding hydrogens is 205 g/mol. The molecule has 0 aliphatic carbocycles. The molecule has 1 aromatic carbocycles. The van der Waals surface area contributed by atoms with Gasteiger partial charge in [0.2, 0.25) is 0 Å². The van der Waals surface area contributed by atoms with Gasteiger partial charge < -0.3 is 10.3 Å². The van der Waals surface area contributed by atoms with Crippen LogP contribution in [0.25, 0.3) is 11.0 Å². The molecule has 0 aliphatic heterocycles. The zero-order valence-corrected chi connectivity index (χ0v) is 9.74. The second-order valence-corrected chi connectivity index (χ2v) is 4.43. The van der Waals surface area contributed by atoms with Gasteiger partial charge in [0, 0.05) is 7.05 Å². The van der Waals surface area contributed by atoms with E-state index in [2.05, 4.69) is 4.98 Å². The lowest BCUT2D eigenvalue weighted by Gasteiger charge is -2.14. The number of aromatic nitrogens is 2. The molecule has 0 amide bonds. The molecule has 0 spiro atoms. The van der Waals surface area contributed by atoms with Gasteiger partial charge in [-0.2, -0.15) is 0 Å². The zero-order chi connectivity index (χ0) is 11.9. The Balaban J connectivity index is 2.60. The lowest BCUT2D eigenvalue weighted by molar-refractivity contribution is 0.480. The number of aryl methyl sites for hydroxylation is 1. The molecule has 4 heteroatoms. The highest BCUT2D eigenvalue weighted by molar-refractivity contribution is 5.76. The van der Waals surface area contributed by atoms with Gasteiger partial charge in [-0.1, -0.05) is 13.8 Å². The molecule has 2 rings (SSSR count). The van der Waals surface area contributed by atoms with Crippen molar-refractivity contribution in [3.8, 4) is 0 Å². The summed E-state index contributed by atoms with van der Waals surface area (Å²) >= 11 is 0. The summed E-state index contributed by atoms with van der Waals surface area (Å²) in [5, 5.41) is 0. The summed E-state index contributed by atoms with van der Waals surface area (Å²) in [4.78, 5) is 4.45. The van der Waals surface area contributed by atoms with E-state index in [1.807, 2.05) is 25.5 Å². The summed E-state index contributed by atoms with van der Waals surface area (Å²) < 4.78 is 15.0. The molecule has 16 heavy (non-hydrogen) atoms. The topological polar surface area (TPSA) is 43.8 Å². The van der Waals surface area contributed by atoms with Gasteiger partial charge in [-0.3, -0.25) is 0 Å². The van der Waals surface area contributed by atoms with E-state index < -0.39 is 0 Å². The number of nitrogens with zero attached hydrogens (tertiary/aromatic N) is 2. The highest BCUT2D eigenvalue weighted by Gasteiger charge is 2.17. The maximum absolute atomic E-state index is 13.1. The number of hydrogen-bond acceptors (Lipinski definition) is 2. The van der Waals surface area contributed by atoms with Crippen LogP contribution < -0.4 is 5.73 Å². The maximum atomic E-state index is 13.1. The van der Waals surface area contributed by atoms with Crippen LogP contribution in [0.3, 0.4) is 0 Å². The van der Waals surface area contributed by atoms with Crippen molar-refractivity contribution in [1.82, 2.24) is 9.55 Å². The Bertz CT molecular complexity index is 516. The number of nitrogens with two attached hydrogens (primary N) is 1. The van der Waals surface area contributed by atoms with E-state index in [1.54, 1.807) is 6.07 Å². The smallest absolute Gasteiger partial charge is 0.126 e. The van der Waals surface area contributed by atoms with Crippen molar-refractivity contribution in [2.75, 3.05) is 0 Å². The summed E-state index contributed by atoms with van der Waals surface area (Å²) in [7, 11) is 1.87. The van der Waals surface area contributed by atoms with Crippen LogP contribution in [0.4, 0.5) is 4.39 Å². The van der Waals surface area contributed by atoms with Gasteiger partial charge in [0.25, 0.3) is 0 Å². The summed E-state index contributed by atoms with van der Waals surface area (Å²) in [6.45, 7) is 4.09. The van der Waals surface area contributed by atoms with Gasteiger partial charge in [0.15, 0.2) is 0 Å². The second-order valence-electron chi connectivity index (χ2n) is 4.43. The molecule has 1 aromatic heterocycles. The lowest BCUT2D eigenvalue weighted by atomic mass is 10.1. The van der Waals surface area contributed by atoms with Crippen molar-refractivity contribution in [1.29, 1.82) is 0 Å². The first-order valence-electron chi connectivity index (χ1n) is 5.38. The number of hydrogen-bond donors (Lipinski definition) is 1. The Morgan fingerprint density at radius 2 is 2.06 bits per heavy atom. The van der Waals surface area contributed by atoms with Crippen molar-refractivity contribution in [3.63, 3.8) is 0 Å². The average molecular weight is 221 g/mol. The third kappa shape index (κ3) is 1.69. The number of halogens is 1. The van der Waals surface area contributed by atoms with E-state index in [-0.39, 0.29) is 11.9 Å². The summed E-state index contributed by atoms with van der Waals surface area (Å²) in [5.41, 5.74) is 7.63. The van der Waals surface area contributed by atoms with Crippen molar-refractivity contribution in [3.05, 3.63) is 29.8 Å². The molecule has 3 nitrogen and oxygen atoms in total. The van der Waals surface area contributed by atoms with E-state index in [0.29, 0.717) is 5.92 Å². The predicted octanol–water partition coefficient (Wildman–Crippen LogP) is 2.37. The molecule has 0 bridgehead atoms. The molecule has 0 unspecified atom stereocenters. The monoisotopic (exact) mass is 221 g/mol. The van der Waals surface area contributed by atoms with E-state index in [1.165, 1.54) is 12.1 Å². The molecule has 0 aliphatic rings. The number of rotatable bonds is 2. The molecule has 0 saturated heterocycles. The molecule has 1 atom stereocenters. The van der Waals surface area contributed by atoms with E-state index >= 15 is 0 Å². The van der Waals surface area contributed by atoms with E-state index in [0.717, 1.165) is 16.9 Å². The zero-order valence-electron chi connectivity index (χ0n) is 9.74. The van der Waals surface area contributed by atoms with Crippen molar-refractivity contribution in [2.45, 2.75) is 19.9 Å². The minimum absolute atomic E-state index is 0.125. The van der Waals surface area contributed by atoms with Gasteiger partial charge in [0.05, 0.1) is 17.1 Å². The fourth-order valence-corrected chi connectivity index (χ4v) is 1.78. The van der Waals surface area contributed by atoms with E-state index in [9.17, 15) is 4.39 Å². The molecule has 1 heterocycles. The molecule has 0 saturated carbocycles. The first-order chi connectivity index (χ1) is 7.50. The Morgan fingerprint density at radius 1 is 1.38 bits per heavy atom. The third-order valence-corrected chi connectivity index (χ3v) is 2.89. The van der Waals surface area contributed by atoms with Crippen LogP contribution >= 0.6 is 0 Å². The Kier molecular flexibility index (Phi) is 2.68. The number of imidazole rings is 1. The van der Waals surface area contributed by atoms with Crippen LogP contribution in [0.2, 0.25) is 0 Å². The summed E-state index contributed by atoms with van der Waals surface area (Å²) in [6, 6.07) is 4.46. The molecular formula is C12H16FN3. The molecule has 0 fully saturated rings. The second kappa shape index (κ2) is 3.87. The highest BCUT2D eigenvalue weighted by Crippen LogP contribution is 2.23. The Labute approximate surface area is 94.1 Å². The van der Waals surface area contributed by atoms with Crippen molar-refractivity contribution in [2.24, 2.45) is 18.7 Å². The largest absolute Gasteiger partial charge is 0.330 e. The standard InChI is InChI=1S/C12H16FN3/c1-7(2)11(14)12-15-9-5-4-8(13)6-10(9)16(12)3/h4-7,11H,14H2,1-3H3/t11-/m0/s1. The van der Waals surface area contributed by atoms with Crippen LogP contribution in [0.5, 0.6) is 0 Å². The highest BCUT2D eigenvalue weighted by atomic mass is 19.1. The van der Waals surface area contributed by atoms with Gasteiger partial charge >= 0.3 is 0 Å². The lowest BCUT2D eigenvalue weighted by Crippen LogP contribution is -2.20. The minimum atomic E-state index is -0.250. The quantitative estimate of drug-likeness (QED) is 0.846. The third-order valence-electron chi connectivity index (χ3n) is 2.89. The van der Waals surface area contributed by atoms with Crippen LogP contribution in [0, 0.1) is 11.7 Å². The van der Waals surface area contributed by atoms with Crippen LogP contribution in [-0.4, -0.2) is 9.55 Å². The first-order valence-corrected chi connectivity index (χ1v) is 5.38. The molecule has 0 radical (unpaired) electrons. The van der Waals surface area contributed by atoms with E-state index in [4.69, 9.17) is 5.73 Å². The molecule has 2 N–H and O–H groups in total. The van der Waals surface area contributed by atoms with Crippen LogP contribution in [0.15, 0.2) is 18.2 Å². The van der Waals surface area contributed by atoms with Gasteiger partial charge in [-0.05, 0) is 24.1 Å². The average Bonchev–Trinajstić information content (AvgIpc) is 2.55. The fourth-order valence-electron chi connectivity index (χ4n) is 1.78. The van der Waals surface area contributed by atoms with Crippen molar-refractivity contribution < 1.29 is 4.39 Å². The number of fused-ring (bicyclic) bond motifs is 1. The first kappa shape index (κ1) is 11.1. The Morgan fingerprint density at radius 3 is 2.69 bits per heavy atom. The summed E-state index contributed by atoms with van der Waals surface area (Å²) in [5.74, 6) is 0.858. The molecule has 2 aromatic rings. The number of benzene rings is 1. The normalized spacial score (nSPS) is 13.6. The minimum Gasteiger partial charge on any atom is -0.330 e. The van der Waals surface area contributed by atoms with Gasteiger partial charge in [0.1, 0.15) is 11.6 Å².